The molecule has 10 heteroatoms. The van der Waals surface area contributed by atoms with E-state index in [4.69, 9.17) is 0 Å². The average molecular weight is 517 g/mol. The third-order valence-electron chi connectivity index (χ3n) is 5.95. The van der Waals surface area contributed by atoms with Crippen LogP contribution in [0.1, 0.15) is 40.1 Å². The van der Waals surface area contributed by atoms with Crippen LogP contribution in [0, 0.1) is 5.82 Å². The van der Waals surface area contributed by atoms with Crippen LogP contribution in [0.2, 0.25) is 0 Å². The van der Waals surface area contributed by atoms with Crippen molar-refractivity contribution < 1.29 is 18.8 Å². The molecule has 38 heavy (non-hydrogen) atoms. The number of hydrogen-bond donors (Lipinski definition) is 2. The van der Waals surface area contributed by atoms with Crippen molar-refractivity contribution in [2.24, 2.45) is 4.99 Å². The number of piperazine rings is 1. The van der Waals surface area contributed by atoms with E-state index in [2.05, 4.69) is 25.5 Å². The highest BCUT2D eigenvalue weighted by Crippen LogP contribution is 2.19. The number of aromatic nitrogens is 1. The van der Waals surface area contributed by atoms with Crippen molar-refractivity contribution in [3.05, 3.63) is 89.5 Å². The maximum atomic E-state index is 14.7. The molecule has 1 fully saturated rings. The highest BCUT2D eigenvalue weighted by Gasteiger charge is 2.23. The molecule has 2 heterocycles. The number of carbonyl (C=O) groups is 3. The molecule has 2 N–H and O–H groups in total. The quantitative estimate of drug-likeness (QED) is 0.471. The zero-order valence-electron chi connectivity index (χ0n) is 21.3. The molecule has 3 aromatic rings. The van der Waals surface area contributed by atoms with Gasteiger partial charge in [-0.05, 0) is 61.9 Å². The molecule has 0 radical (unpaired) electrons. The molecular weight excluding hydrogens is 487 g/mol. The first-order chi connectivity index (χ1) is 18.3. The number of nitrogens with zero attached hydrogens (tertiary/aromatic N) is 4. The highest BCUT2D eigenvalue weighted by molar-refractivity contribution is 6.02. The maximum Gasteiger partial charge on any atom is 0.323 e. The molecule has 4 rings (SSSR count). The van der Waals surface area contributed by atoms with Gasteiger partial charge in [0.2, 0.25) is 0 Å². The van der Waals surface area contributed by atoms with Crippen LogP contribution in [0.25, 0.3) is 0 Å². The Balaban J connectivity index is 1.30. The fraction of sp³-hybridized carbons (Fsp3) is 0.250. The number of aliphatic imine (C=N–C) groups is 1. The lowest BCUT2D eigenvalue weighted by molar-refractivity contribution is 0.0627. The van der Waals surface area contributed by atoms with Crippen molar-refractivity contribution in [1.29, 1.82) is 0 Å². The summed E-state index contributed by atoms with van der Waals surface area (Å²) in [6.07, 6.45) is 3.05. The molecular formula is C28H29FN6O3. The Morgan fingerprint density at radius 1 is 0.947 bits per heavy atom. The summed E-state index contributed by atoms with van der Waals surface area (Å²) in [4.78, 5) is 49.1. The van der Waals surface area contributed by atoms with E-state index in [1.807, 2.05) is 18.2 Å². The van der Waals surface area contributed by atoms with E-state index in [0.717, 1.165) is 11.6 Å². The van der Waals surface area contributed by atoms with Gasteiger partial charge in [0, 0.05) is 55.8 Å². The summed E-state index contributed by atoms with van der Waals surface area (Å²) in [6, 6.07) is 14.1. The number of pyridine rings is 1. The molecule has 0 bridgehead atoms. The van der Waals surface area contributed by atoms with Crippen molar-refractivity contribution in [3.8, 4) is 0 Å². The zero-order chi connectivity index (χ0) is 27.1. The molecule has 0 atom stereocenters. The van der Waals surface area contributed by atoms with Crippen molar-refractivity contribution in [3.63, 3.8) is 0 Å². The number of rotatable bonds is 6. The van der Waals surface area contributed by atoms with Gasteiger partial charge < -0.3 is 15.5 Å². The van der Waals surface area contributed by atoms with Crippen molar-refractivity contribution >= 4 is 34.9 Å². The number of amides is 4. The lowest BCUT2D eigenvalue weighted by Crippen LogP contribution is -2.48. The molecule has 0 aliphatic carbocycles. The van der Waals surface area contributed by atoms with Crippen LogP contribution in [0.5, 0.6) is 0 Å². The predicted molar refractivity (Wildman–Crippen MR) is 144 cm³/mol. The van der Waals surface area contributed by atoms with Crippen molar-refractivity contribution in [2.75, 3.05) is 36.8 Å². The fourth-order valence-electron chi connectivity index (χ4n) is 4.09. The molecule has 0 unspecified atom stereocenters. The monoisotopic (exact) mass is 516 g/mol. The minimum atomic E-state index is -0.701. The Morgan fingerprint density at radius 2 is 1.74 bits per heavy atom. The minimum absolute atomic E-state index is 0.0340. The minimum Gasteiger partial charge on any atom is -0.336 e. The van der Waals surface area contributed by atoms with Gasteiger partial charge in [0.1, 0.15) is 5.82 Å². The second-order valence-corrected chi connectivity index (χ2v) is 9.15. The van der Waals surface area contributed by atoms with E-state index >= 15 is 0 Å². The largest absolute Gasteiger partial charge is 0.336 e. The Bertz CT molecular complexity index is 1350. The van der Waals surface area contributed by atoms with Crippen molar-refractivity contribution in [1.82, 2.24) is 14.8 Å². The number of anilines is 2. The molecule has 9 nitrogen and oxygen atoms in total. The van der Waals surface area contributed by atoms with E-state index in [0.29, 0.717) is 49.7 Å². The summed E-state index contributed by atoms with van der Waals surface area (Å²) in [5.74, 6) is -1.23. The van der Waals surface area contributed by atoms with E-state index in [9.17, 15) is 18.8 Å². The second kappa shape index (κ2) is 12.2. The van der Waals surface area contributed by atoms with Gasteiger partial charge in [0.15, 0.2) is 0 Å². The molecule has 1 saturated heterocycles. The molecule has 196 valence electrons. The molecule has 4 amide bonds. The molecule has 0 spiro atoms. The smallest absolute Gasteiger partial charge is 0.323 e. The molecule has 1 aliphatic rings. The molecule has 0 saturated carbocycles. The lowest BCUT2D eigenvalue weighted by Gasteiger charge is -2.35. The van der Waals surface area contributed by atoms with Crippen LogP contribution < -0.4 is 10.6 Å². The van der Waals surface area contributed by atoms with Crippen molar-refractivity contribution in [2.45, 2.75) is 20.4 Å². The first-order valence-corrected chi connectivity index (χ1v) is 12.2. The van der Waals surface area contributed by atoms with E-state index < -0.39 is 11.8 Å². The highest BCUT2D eigenvalue weighted by atomic mass is 19.1. The topological polar surface area (TPSA) is 107 Å². The number of benzene rings is 2. The first kappa shape index (κ1) is 26.6. The van der Waals surface area contributed by atoms with E-state index in [-0.39, 0.29) is 23.1 Å². The second-order valence-electron chi connectivity index (χ2n) is 9.15. The number of hydrogen-bond acceptors (Lipinski definition) is 5. The summed E-state index contributed by atoms with van der Waals surface area (Å²) in [5.41, 5.74) is 2.90. The van der Waals surface area contributed by atoms with E-state index in [1.54, 1.807) is 43.1 Å². The molecule has 1 aromatic heterocycles. The summed E-state index contributed by atoms with van der Waals surface area (Å²) < 4.78 is 14.7. The zero-order valence-corrected chi connectivity index (χ0v) is 21.3. The number of urea groups is 1. The summed E-state index contributed by atoms with van der Waals surface area (Å²) in [7, 11) is 0. The summed E-state index contributed by atoms with van der Waals surface area (Å²) in [6.45, 7) is 6.49. The van der Waals surface area contributed by atoms with Crippen LogP contribution in [-0.2, 0) is 6.54 Å². The maximum absolute atomic E-state index is 14.7. The summed E-state index contributed by atoms with van der Waals surface area (Å²) >= 11 is 0. The van der Waals surface area contributed by atoms with Gasteiger partial charge in [-0.3, -0.25) is 19.5 Å². The third kappa shape index (κ3) is 7.07. The van der Waals surface area contributed by atoms with Crippen LogP contribution in [0.15, 0.2) is 72.0 Å². The van der Waals surface area contributed by atoms with Crippen LogP contribution in [-0.4, -0.2) is 64.5 Å². The Labute approximate surface area is 220 Å². The normalized spacial score (nSPS) is 13.5. The Morgan fingerprint density at radius 3 is 2.42 bits per heavy atom. The van der Waals surface area contributed by atoms with Gasteiger partial charge in [-0.15, -0.1) is 0 Å². The van der Waals surface area contributed by atoms with Gasteiger partial charge in [0.05, 0.1) is 17.6 Å². The Kier molecular flexibility index (Phi) is 8.55. The molecule has 2 aromatic carbocycles. The van der Waals surface area contributed by atoms with Crippen LogP contribution in [0.4, 0.5) is 20.6 Å². The lowest BCUT2D eigenvalue weighted by atomic mass is 10.1. The number of carbonyl (C=O) groups excluding carboxylic acids is 3. The van der Waals surface area contributed by atoms with Gasteiger partial charge in [-0.25, -0.2) is 14.2 Å². The first-order valence-electron chi connectivity index (χ1n) is 12.2. The molecule has 1 aliphatic heterocycles. The van der Waals surface area contributed by atoms with Gasteiger partial charge in [-0.1, -0.05) is 12.1 Å². The van der Waals surface area contributed by atoms with Gasteiger partial charge in [0.25, 0.3) is 11.8 Å². The number of halogens is 1. The number of nitrogens with one attached hydrogen (secondary N) is 2. The van der Waals surface area contributed by atoms with Crippen LogP contribution in [0.3, 0.4) is 0 Å². The SMILES string of the molecule is CC(C)=NC(=O)c1cccc(CN2CCN(C(=O)c3ccc(NC(=O)Nc4cccnc4)c(F)c3)CC2)c1. The standard InChI is InChI=1S/C28H29FN6O3/c1-19(2)31-26(36)21-6-3-5-20(15-21)18-34-11-13-35(14-12-34)27(37)22-8-9-25(24(29)16-22)33-28(38)32-23-7-4-10-30-17-23/h3-10,15-17H,11-14,18H2,1-2H3,(H2,32,33,38). The third-order valence-corrected chi connectivity index (χ3v) is 5.95. The van der Waals surface area contributed by atoms with Crippen LogP contribution >= 0.6 is 0 Å². The van der Waals surface area contributed by atoms with E-state index in [1.165, 1.54) is 18.3 Å². The fourth-order valence-corrected chi connectivity index (χ4v) is 4.09. The average Bonchev–Trinajstić information content (AvgIpc) is 2.90. The van der Waals surface area contributed by atoms with Gasteiger partial charge in [-0.2, -0.15) is 0 Å². The Hall–Kier alpha value is -4.44. The van der Waals surface area contributed by atoms with Gasteiger partial charge >= 0.3 is 6.03 Å². The predicted octanol–water partition coefficient (Wildman–Crippen LogP) is 4.44. The summed E-state index contributed by atoms with van der Waals surface area (Å²) in [5, 5.41) is 5.00.